The highest BCUT2D eigenvalue weighted by Crippen LogP contribution is 2.33. The van der Waals surface area contributed by atoms with Crippen molar-refractivity contribution in [2.24, 2.45) is 0 Å². The number of rotatable bonds is 9. The predicted molar refractivity (Wildman–Crippen MR) is 103 cm³/mol. The summed E-state index contributed by atoms with van der Waals surface area (Å²) in [6.07, 6.45) is 3.19. The zero-order valence-corrected chi connectivity index (χ0v) is 16.1. The van der Waals surface area contributed by atoms with Gasteiger partial charge in [-0.25, -0.2) is 0 Å². The summed E-state index contributed by atoms with van der Waals surface area (Å²) in [5.74, 6) is 1.69. The Bertz CT molecular complexity index is 791. The van der Waals surface area contributed by atoms with Gasteiger partial charge in [-0.1, -0.05) is 6.07 Å². The molecule has 0 saturated heterocycles. The molecule has 2 aromatic carbocycles. The molecule has 0 fully saturated rings. The van der Waals surface area contributed by atoms with E-state index in [1.54, 1.807) is 44.6 Å². The van der Waals surface area contributed by atoms with Crippen molar-refractivity contribution in [2.45, 2.75) is 13.4 Å². The van der Waals surface area contributed by atoms with E-state index in [0.717, 1.165) is 11.1 Å². The Morgan fingerprint density at radius 3 is 2.15 bits per heavy atom. The van der Waals surface area contributed by atoms with E-state index in [1.807, 2.05) is 19.1 Å². The summed E-state index contributed by atoms with van der Waals surface area (Å²) < 4.78 is 26.2. The number of hydrogen-bond acceptors (Lipinski definition) is 6. The van der Waals surface area contributed by atoms with E-state index in [0.29, 0.717) is 22.8 Å². The first-order valence-corrected chi connectivity index (χ1v) is 8.30. The number of carbonyl (C=O) groups is 1. The fourth-order valence-corrected chi connectivity index (χ4v) is 2.55. The zero-order valence-electron chi connectivity index (χ0n) is 16.1. The molecule has 0 heterocycles. The van der Waals surface area contributed by atoms with Gasteiger partial charge in [-0.15, -0.1) is 0 Å². The first kappa shape index (κ1) is 20.5. The van der Waals surface area contributed by atoms with Gasteiger partial charge < -0.3 is 23.7 Å². The van der Waals surface area contributed by atoms with Gasteiger partial charge in [-0.2, -0.15) is 0 Å². The van der Waals surface area contributed by atoms with Gasteiger partial charge in [0, 0.05) is 19.8 Å². The van der Waals surface area contributed by atoms with Crippen molar-refractivity contribution < 1.29 is 28.5 Å². The molecule has 27 heavy (non-hydrogen) atoms. The number of ether oxygens (including phenoxy) is 5. The second kappa shape index (κ2) is 9.75. The first-order chi connectivity index (χ1) is 13.0. The molecule has 0 aromatic heterocycles. The molecule has 0 atom stereocenters. The Morgan fingerprint density at radius 1 is 0.926 bits per heavy atom. The lowest BCUT2D eigenvalue weighted by Gasteiger charge is -2.15. The minimum absolute atomic E-state index is 0.151. The lowest BCUT2D eigenvalue weighted by Crippen LogP contribution is -2.20. The number of methoxy groups -OCH3 is 4. The van der Waals surface area contributed by atoms with Gasteiger partial charge in [0.25, 0.3) is 0 Å². The highest BCUT2D eigenvalue weighted by Gasteiger charge is 2.12. The largest absolute Gasteiger partial charge is 0.496 e. The fourth-order valence-electron chi connectivity index (χ4n) is 2.55. The summed E-state index contributed by atoms with van der Waals surface area (Å²) in [6.45, 7) is 1.14. The molecule has 2 rings (SSSR count). The molecule has 0 amide bonds. The first-order valence-electron chi connectivity index (χ1n) is 8.30. The molecule has 0 aliphatic heterocycles. The third-order valence-corrected chi connectivity index (χ3v) is 3.93. The van der Waals surface area contributed by atoms with Crippen molar-refractivity contribution in [3.63, 3.8) is 0 Å². The van der Waals surface area contributed by atoms with E-state index >= 15 is 0 Å². The molecule has 0 N–H and O–H groups in total. The Kier molecular flexibility index (Phi) is 7.40. The number of benzene rings is 2. The van der Waals surface area contributed by atoms with Crippen LogP contribution in [-0.2, 0) is 9.47 Å². The Morgan fingerprint density at radius 2 is 1.59 bits per heavy atom. The smallest absolute Gasteiger partial charge is 0.315 e. The lowest BCUT2D eigenvalue weighted by atomic mass is 10.1. The summed E-state index contributed by atoms with van der Waals surface area (Å²) >= 11 is 0. The van der Waals surface area contributed by atoms with E-state index in [2.05, 4.69) is 0 Å². The van der Waals surface area contributed by atoms with E-state index in [9.17, 15) is 4.79 Å². The van der Waals surface area contributed by atoms with Crippen LogP contribution in [0.5, 0.6) is 17.2 Å². The van der Waals surface area contributed by atoms with Crippen LogP contribution in [-0.4, -0.2) is 40.7 Å². The van der Waals surface area contributed by atoms with Crippen molar-refractivity contribution in [3.05, 3.63) is 59.2 Å². The lowest BCUT2D eigenvalue weighted by molar-refractivity contribution is -0.219. The van der Waals surface area contributed by atoms with Gasteiger partial charge in [-0.3, -0.25) is 4.79 Å². The molecule has 2 aromatic rings. The topological polar surface area (TPSA) is 63.2 Å². The molecule has 0 spiro atoms. The average Bonchev–Trinajstić information content (AvgIpc) is 2.70. The maximum absolute atomic E-state index is 12.5. The van der Waals surface area contributed by atoms with Crippen molar-refractivity contribution in [3.8, 4) is 17.2 Å². The van der Waals surface area contributed by atoms with Crippen LogP contribution in [0.4, 0.5) is 0 Å². The van der Waals surface area contributed by atoms with Crippen LogP contribution in [0.1, 0.15) is 21.5 Å². The number of allylic oxidation sites excluding steroid dienone is 1. The molecule has 0 unspecified atom stereocenters. The molecule has 6 nitrogen and oxygen atoms in total. The zero-order chi connectivity index (χ0) is 19.8. The van der Waals surface area contributed by atoms with E-state index < -0.39 is 6.48 Å². The van der Waals surface area contributed by atoms with Crippen LogP contribution >= 0.6 is 0 Å². The second-order valence-electron chi connectivity index (χ2n) is 5.63. The maximum Gasteiger partial charge on any atom is 0.315 e. The SMILES string of the molecule is COc1ccc(C)c(OC)c1C=CC(=O)c1ccc(OC(OC)OC)cc1. The van der Waals surface area contributed by atoms with Crippen molar-refractivity contribution in [1.82, 2.24) is 0 Å². The minimum Gasteiger partial charge on any atom is -0.496 e. The number of aryl methyl sites for hydroxylation is 1. The number of carbonyl (C=O) groups excluding carboxylic acids is 1. The third kappa shape index (κ3) is 5.09. The van der Waals surface area contributed by atoms with E-state index in [-0.39, 0.29) is 5.78 Å². The van der Waals surface area contributed by atoms with Crippen LogP contribution in [0.2, 0.25) is 0 Å². The number of hydrogen-bond donors (Lipinski definition) is 0. The van der Waals surface area contributed by atoms with Gasteiger partial charge in [0.1, 0.15) is 17.2 Å². The van der Waals surface area contributed by atoms with E-state index in [1.165, 1.54) is 20.3 Å². The average molecular weight is 372 g/mol. The molecular weight excluding hydrogens is 348 g/mol. The molecule has 0 aliphatic rings. The van der Waals surface area contributed by atoms with Crippen molar-refractivity contribution in [1.29, 1.82) is 0 Å². The maximum atomic E-state index is 12.5. The Hall–Kier alpha value is -2.83. The summed E-state index contributed by atoms with van der Waals surface area (Å²) in [4.78, 5) is 12.5. The molecular formula is C21H24O6. The number of ketones is 1. The fraction of sp³-hybridized carbons (Fsp3) is 0.286. The Labute approximate surface area is 159 Å². The van der Waals surface area contributed by atoms with Crippen LogP contribution in [0.3, 0.4) is 0 Å². The van der Waals surface area contributed by atoms with Crippen LogP contribution in [0.25, 0.3) is 6.08 Å². The van der Waals surface area contributed by atoms with Gasteiger partial charge in [0.2, 0.25) is 0 Å². The van der Waals surface area contributed by atoms with Gasteiger partial charge >= 0.3 is 6.48 Å². The Balaban J connectivity index is 2.19. The van der Waals surface area contributed by atoms with E-state index in [4.69, 9.17) is 23.7 Å². The third-order valence-electron chi connectivity index (χ3n) is 3.93. The van der Waals surface area contributed by atoms with Gasteiger partial charge in [-0.05, 0) is 55.0 Å². The molecule has 0 radical (unpaired) electrons. The van der Waals surface area contributed by atoms with Gasteiger partial charge in [0.15, 0.2) is 5.78 Å². The van der Waals surface area contributed by atoms with Crippen LogP contribution < -0.4 is 14.2 Å². The summed E-state index contributed by atoms with van der Waals surface area (Å²) in [5.41, 5.74) is 2.20. The standard InChI is InChI=1S/C21H24O6/c1-14-6-13-19(23-2)17(20(14)24-3)11-12-18(22)15-7-9-16(10-8-15)27-21(25-4)26-5/h6-13,21H,1-5H3. The second-order valence-corrected chi connectivity index (χ2v) is 5.63. The van der Waals surface area contributed by atoms with Crippen LogP contribution in [0, 0.1) is 6.92 Å². The van der Waals surface area contributed by atoms with Crippen LogP contribution in [0.15, 0.2) is 42.5 Å². The van der Waals surface area contributed by atoms with Crippen molar-refractivity contribution >= 4 is 11.9 Å². The highest BCUT2D eigenvalue weighted by molar-refractivity contribution is 6.07. The molecule has 144 valence electrons. The van der Waals surface area contributed by atoms with Gasteiger partial charge in [0.05, 0.1) is 19.8 Å². The molecule has 0 bridgehead atoms. The minimum atomic E-state index is -0.798. The quantitative estimate of drug-likeness (QED) is 0.378. The summed E-state index contributed by atoms with van der Waals surface area (Å²) in [5, 5.41) is 0. The summed E-state index contributed by atoms with van der Waals surface area (Å²) in [6, 6.07) is 10.5. The molecule has 6 heteroatoms. The normalized spacial score (nSPS) is 11.0. The highest BCUT2D eigenvalue weighted by atomic mass is 16.8. The monoisotopic (exact) mass is 372 g/mol. The van der Waals surface area contributed by atoms with Crippen molar-refractivity contribution in [2.75, 3.05) is 28.4 Å². The summed E-state index contributed by atoms with van der Waals surface area (Å²) in [7, 11) is 6.12. The molecule has 0 aliphatic carbocycles. The molecule has 0 saturated carbocycles. The predicted octanol–water partition coefficient (Wildman–Crippen LogP) is 3.86.